The number of carbonyl (C=O) groups is 1. The Kier molecular flexibility index (Phi) is 7.39. The lowest BCUT2D eigenvalue weighted by atomic mass is 10.0. The topological polar surface area (TPSA) is 75.7 Å². The number of carbonyl (C=O) groups excluding carboxylic acids is 1. The van der Waals surface area contributed by atoms with Crippen molar-refractivity contribution in [2.75, 3.05) is 25.5 Å². The van der Waals surface area contributed by atoms with Crippen LogP contribution in [0, 0.1) is 0 Å². The molecule has 0 amide bonds. The van der Waals surface area contributed by atoms with Crippen molar-refractivity contribution in [1.29, 1.82) is 0 Å². The van der Waals surface area contributed by atoms with E-state index in [-0.39, 0.29) is 23.3 Å². The van der Waals surface area contributed by atoms with Gasteiger partial charge >= 0.3 is 0 Å². The summed E-state index contributed by atoms with van der Waals surface area (Å²) in [5, 5.41) is 3.41. The van der Waals surface area contributed by atoms with Gasteiger partial charge in [-0.15, -0.1) is 0 Å². The van der Waals surface area contributed by atoms with Crippen LogP contribution in [0.3, 0.4) is 0 Å². The van der Waals surface area contributed by atoms with Crippen LogP contribution in [-0.2, 0) is 10.0 Å². The largest absolute Gasteiger partial charge is 0.495 e. The minimum atomic E-state index is -3.51. The van der Waals surface area contributed by atoms with E-state index in [1.807, 2.05) is 6.92 Å². The van der Waals surface area contributed by atoms with Crippen LogP contribution in [0.15, 0.2) is 47.4 Å². The molecule has 0 aromatic heterocycles. The molecule has 162 valence electrons. The van der Waals surface area contributed by atoms with Gasteiger partial charge in [-0.25, -0.2) is 8.42 Å². The quantitative estimate of drug-likeness (QED) is 0.595. The molecule has 0 spiro atoms. The van der Waals surface area contributed by atoms with Crippen LogP contribution in [0.2, 0.25) is 5.02 Å². The summed E-state index contributed by atoms with van der Waals surface area (Å²) in [7, 11) is -2.00. The fourth-order valence-corrected chi connectivity index (χ4v) is 5.73. The molecular weight excluding hydrogens is 424 g/mol. The highest BCUT2D eigenvalue weighted by atomic mass is 35.5. The van der Waals surface area contributed by atoms with E-state index in [9.17, 15) is 13.2 Å². The number of nitrogens with zero attached hydrogens (tertiary/aromatic N) is 1. The van der Waals surface area contributed by atoms with Crippen LogP contribution >= 0.6 is 11.6 Å². The molecule has 1 N–H and O–H groups in total. The molecule has 3 rings (SSSR count). The zero-order valence-electron chi connectivity index (χ0n) is 17.2. The molecule has 8 heteroatoms. The van der Waals surface area contributed by atoms with Gasteiger partial charge in [-0.2, -0.15) is 4.31 Å². The summed E-state index contributed by atoms with van der Waals surface area (Å²) in [5.41, 5.74) is 1.15. The number of sulfonamides is 1. The van der Waals surface area contributed by atoms with Gasteiger partial charge in [0.15, 0.2) is 5.78 Å². The molecule has 1 aliphatic rings. The van der Waals surface area contributed by atoms with E-state index in [1.165, 1.54) is 7.11 Å². The van der Waals surface area contributed by atoms with Crippen molar-refractivity contribution in [3.63, 3.8) is 0 Å². The van der Waals surface area contributed by atoms with E-state index in [0.29, 0.717) is 28.6 Å². The number of ketones is 1. The highest BCUT2D eigenvalue weighted by Crippen LogP contribution is 2.28. The van der Waals surface area contributed by atoms with Crippen molar-refractivity contribution >= 4 is 33.1 Å². The molecule has 1 atom stereocenters. The number of hydrogen-bond acceptors (Lipinski definition) is 5. The Labute approximate surface area is 183 Å². The van der Waals surface area contributed by atoms with Gasteiger partial charge in [0.25, 0.3) is 0 Å². The highest BCUT2D eigenvalue weighted by molar-refractivity contribution is 7.89. The number of methoxy groups -OCH3 is 1. The molecule has 1 aliphatic heterocycles. The molecule has 30 heavy (non-hydrogen) atoms. The Morgan fingerprint density at radius 3 is 2.57 bits per heavy atom. The van der Waals surface area contributed by atoms with E-state index in [4.69, 9.17) is 16.3 Å². The van der Waals surface area contributed by atoms with E-state index in [1.54, 1.807) is 46.8 Å². The van der Waals surface area contributed by atoms with Gasteiger partial charge in [-0.1, -0.05) is 24.9 Å². The van der Waals surface area contributed by atoms with Gasteiger partial charge in [0, 0.05) is 23.8 Å². The first-order valence-corrected chi connectivity index (χ1v) is 11.9. The highest BCUT2D eigenvalue weighted by Gasteiger charge is 2.32. The van der Waals surface area contributed by atoms with Gasteiger partial charge in [0.1, 0.15) is 5.75 Å². The predicted octanol–water partition coefficient (Wildman–Crippen LogP) is 4.60. The molecule has 0 saturated carbocycles. The normalized spacial score (nSPS) is 17.5. The monoisotopic (exact) mass is 450 g/mol. The fourth-order valence-electron chi connectivity index (χ4n) is 3.70. The summed E-state index contributed by atoms with van der Waals surface area (Å²) >= 11 is 6.08. The SMILES string of the molecule is CCC1CCCCN1S(=O)(=O)c1ccc(NCC(=O)c2ccc(OC)c(Cl)c2)cc1. The first-order chi connectivity index (χ1) is 14.4. The van der Waals surface area contributed by atoms with Crippen molar-refractivity contribution in [2.24, 2.45) is 0 Å². The van der Waals surface area contributed by atoms with Crippen molar-refractivity contribution in [3.05, 3.63) is 53.1 Å². The number of piperidine rings is 1. The van der Waals surface area contributed by atoms with E-state index in [0.717, 1.165) is 25.7 Å². The molecule has 1 fully saturated rings. The fraction of sp³-hybridized carbons (Fsp3) is 0.409. The number of anilines is 1. The number of benzene rings is 2. The lowest BCUT2D eigenvalue weighted by Crippen LogP contribution is -2.43. The molecule has 0 aliphatic carbocycles. The number of Topliss-reactive ketones (excluding diaryl/α,β-unsaturated/α-hetero) is 1. The summed E-state index contributed by atoms with van der Waals surface area (Å²) in [4.78, 5) is 12.7. The zero-order chi connectivity index (χ0) is 21.7. The Morgan fingerprint density at radius 1 is 1.20 bits per heavy atom. The molecule has 1 unspecified atom stereocenters. The third-order valence-electron chi connectivity index (χ3n) is 5.43. The average molecular weight is 451 g/mol. The van der Waals surface area contributed by atoms with E-state index >= 15 is 0 Å². The smallest absolute Gasteiger partial charge is 0.243 e. The van der Waals surface area contributed by atoms with Crippen molar-refractivity contribution in [1.82, 2.24) is 4.31 Å². The third kappa shape index (κ3) is 4.96. The molecular formula is C22H27ClN2O4S. The first-order valence-electron chi connectivity index (χ1n) is 10.1. The molecule has 6 nitrogen and oxygen atoms in total. The van der Waals surface area contributed by atoms with Crippen LogP contribution in [-0.4, -0.2) is 44.7 Å². The minimum Gasteiger partial charge on any atom is -0.495 e. The summed E-state index contributed by atoms with van der Waals surface area (Å²) in [6.45, 7) is 2.66. The number of hydrogen-bond donors (Lipinski definition) is 1. The molecule has 0 bridgehead atoms. The van der Waals surface area contributed by atoms with Gasteiger partial charge in [-0.05, 0) is 61.7 Å². The standard InChI is InChI=1S/C22H27ClN2O4S/c1-3-18-6-4-5-13-25(18)30(27,28)19-10-8-17(9-11-19)24-15-21(26)16-7-12-22(29-2)20(23)14-16/h7-12,14,18,24H,3-6,13,15H2,1-2H3. The van der Waals surface area contributed by atoms with Gasteiger partial charge in [0.05, 0.1) is 23.6 Å². The maximum absolute atomic E-state index is 13.0. The van der Waals surface area contributed by atoms with Gasteiger partial charge in [-0.3, -0.25) is 4.79 Å². The Bertz CT molecular complexity index is 993. The Balaban J connectivity index is 1.65. The first kappa shape index (κ1) is 22.6. The van der Waals surface area contributed by atoms with Crippen molar-refractivity contribution in [3.8, 4) is 5.75 Å². The van der Waals surface area contributed by atoms with Crippen LogP contribution < -0.4 is 10.1 Å². The predicted molar refractivity (Wildman–Crippen MR) is 119 cm³/mol. The van der Waals surface area contributed by atoms with Gasteiger partial charge < -0.3 is 10.1 Å². The lowest BCUT2D eigenvalue weighted by molar-refractivity contribution is 0.101. The molecule has 1 saturated heterocycles. The second-order valence-corrected chi connectivity index (χ2v) is 9.62. The second kappa shape index (κ2) is 9.81. The van der Waals surface area contributed by atoms with Crippen molar-refractivity contribution < 1.29 is 17.9 Å². The van der Waals surface area contributed by atoms with Crippen LogP contribution in [0.5, 0.6) is 5.75 Å². The van der Waals surface area contributed by atoms with Crippen LogP contribution in [0.4, 0.5) is 5.69 Å². The molecule has 2 aromatic carbocycles. The number of rotatable bonds is 8. The van der Waals surface area contributed by atoms with Crippen LogP contribution in [0.1, 0.15) is 43.0 Å². The Morgan fingerprint density at radius 2 is 1.93 bits per heavy atom. The third-order valence-corrected chi connectivity index (χ3v) is 7.69. The maximum Gasteiger partial charge on any atom is 0.243 e. The van der Waals surface area contributed by atoms with Crippen molar-refractivity contribution in [2.45, 2.75) is 43.5 Å². The number of nitrogens with one attached hydrogen (secondary N) is 1. The van der Waals surface area contributed by atoms with E-state index in [2.05, 4.69) is 5.32 Å². The number of ether oxygens (including phenoxy) is 1. The maximum atomic E-state index is 13.0. The van der Waals surface area contributed by atoms with Gasteiger partial charge in [0.2, 0.25) is 10.0 Å². The summed E-state index contributed by atoms with van der Waals surface area (Å²) < 4.78 is 32.8. The molecule has 0 radical (unpaired) electrons. The lowest BCUT2D eigenvalue weighted by Gasteiger charge is -2.34. The number of halogens is 1. The van der Waals surface area contributed by atoms with E-state index < -0.39 is 10.0 Å². The molecule has 1 heterocycles. The summed E-state index contributed by atoms with van der Waals surface area (Å²) in [6, 6.07) is 11.5. The second-order valence-electron chi connectivity index (χ2n) is 7.32. The Hall–Kier alpha value is -2.09. The summed E-state index contributed by atoms with van der Waals surface area (Å²) in [5.74, 6) is 0.382. The van der Waals surface area contributed by atoms with Crippen LogP contribution in [0.25, 0.3) is 0 Å². The average Bonchev–Trinajstić information content (AvgIpc) is 2.77. The minimum absolute atomic E-state index is 0.0653. The summed E-state index contributed by atoms with van der Waals surface area (Å²) in [6.07, 6.45) is 3.69. The molecule has 2 aromatic rings. The zero-order valence-corrected chi connectivity index (χ0v) is 18.8.